The average Bonchev–Trinajstić information content (AvgIpc) is 2.41. The van der Waals surface area contributed by atoms with Crippen LogP contribution < -0.4 is 0 Å². The molecule has 132 valence electrons. The molecule has 0 heterocycles. The van der Waals surface area contributed by atoms with Crippen LogP contribution in [0.3, 0.4) is 0 Å². The lowest BCUT2D eigenvalue weighted by Gasteiger charge is -2.36. The highest BCUT2D eigenvalue weighted by atomic mass is 17.2. The van der Waals surface area contributed by atoms with E-state index in [2.05, 4.69) is 51.7 Å². The first-order chi connectivity index (χ1) is 10.6. The van der Waals surface area contributed by atoms with Crippen LogP contribution in [0.4, 0.5) is 0 Å². The molecule has 0 bridgehead atoms. The Morgan fingerprint density at radius 3 is 2.43 bits per heavy atom. The van der Waals surface area contributed by atoms with E-state index in [9.17, 15) is 4.79 Å². The second-order valence-corrected chi connectivity index (χ2v) is 7.57. The topological polar surface area (TPSA) is 44.8 Å². The Balaban J connectivity index is 2.83. The standard InChI is InChI=1S/C19H32O4/c1-8-17(23-22-14(4)20)21-16-11-9-10-15(12-16)18(13(2)3)19(5,6)7/h10,12-13,17-18H,8-9,11H2,1-7H3. The molecule has 0 aliphatic heterocycles. The number of rotatable bonds is 7. The van der Waals surface area contributed by atoms with Gasteiger partial charge in [-0.3, -0.25) is 4.89 Å². The smallest absolute Gasteiger partial charge is 0.339 e. The molecule has 1 rings (SSSR count). The molecular formula is C19H32O4. The summed E-state index contributed by atoms with van der Waals surface area (Å²) in [5, 5.41) is 0. The molecule has 0 aromatic rings. The van der Waals surface area contributed by atoms with E-state index in [0.717, 1.165) is 18.6 Å². The second-order valence-electron chi connectivity index (χ2n) is 7.57. The highest BCUT2D eigenvalue weighted by molar-refractivity contribution is 5.65. The van der Waals surface area contributed by atoms with Crippen LogP contribution in [-0.2, 0) is 19.3 Å². The SMILES string of the molecule is CCC(OOC(C)=O)OC1=CC(C(C(C)C)C(C)(C)C)=CCC1. The van der Waals surface area contributed by atoms with Crippen molar-refractivity contribution in [2.75, 3.05) is 0 Å². The molecule has 0 amide bonds. The molecule has 4 nitrogen and oxygen atoms in total. The fraction of sp³-hybridized carbons (Fsp3) is 0.737. The van der Waals surface area contributed by atoms with Gasteiger partial charge in [0.25, 0.3) is 0 Å². The largest absolute Gasteiger partial charge is 0.465 e. The van der Waals surface area contributed by atoms with Gasteiger partial charge in [-0.2, -0.15) is 0 Å². The minimum Gasteiger partial charge on any atom is -0.465 e. The van der Waals surface area contributed by atoms with Gasteiger partial charge in [0.05, 0.1) is 0 Å². The Hall–Kier alpha value is -1.29. The maximum Gasteiger partial charge on any atom is 0.339 e. The van der Waals surface area contributed by atoms with Gasteiger partial charge in [0, 0.05) is 19.8 Å². The first-order valence-electron chi connectivity index (χ1n) is 8.56. The van der Waals surface area contributed by atoms with Crippen molar-refractivity contribution in [3.63, 3.8) is 0 Å². The van der Waals surface area contributed by atoms with Crippen LogP contribution >= 0.6 is 0 Å². The van der Waals surface area contributed by atoms with Gasteiger partial charge in [-0.05, 0) is 35.3 Å². The minimum atomic E-state index is -0.559. The third kappa shape index (κ3) is 6.38. The average molecular weight is 324 g/mol. The third-order valence-electron chi connectivity index (χ3n) is 3.95. The first kappa shape index (κ1) is 19.8. The van der Waals surface area contributed by atoms with Crippen molar-refractivity contribution in [1.82, 2.24) is 0 Å². The Bertz CT molecular complexity index is 454. The van der Waals surface area contributed by atoms with Crippen molar-refractivity contribution in [2.45, 2.75) is 74.0 Å². The molecule has 2 unspecified atom stereocenters. The fourth-order valence-electron chi connectivity index (χ4n) is 3.35. The summed E-state index contributed by atoms with van der Waals surface area (Å²) >= 11 is 0. The number of carbonyl (C=O) groups is 1. The highest BCUT2D eigenvalue weighted by Crippen LogP contribution is 2.40. The predicted molar refractivity (Wildman–Crippen MR) is 91.2 cm³/mol. The quantitative estimate of drug-likeness (QED) is 0.369. The van der Waals surface area contributed by atoms with Crippen molar-refractivity contribution >= 4 is 5.97 Å². The van der Waals surface area contributed by atoms with Gasteiger partial charge in [-0.1, -0.05) is 47.6 Å². The van der Waals surface area contributed by atoms with Gasteiger partial charge >= 0.3 is 5.97 Å². The molecule has 0 saturated heterocycles. The summed E-state index contributed by atoms with van der Waals surface area (Å²) in [7, 11) is 0. The third-order valence-corrected chi connectivity index (χ3v) is 3.95. The summed E-state index contributed by atoms with van der Waals surface area (Å²) in [6.07, 6.45) is 6.31. The molecule has 1 aliphatic rings. The van der Waals surface area contributed by atoms with Crippen molar-refractivity contribution in [3.05, 3.63) is 23.5 Å². The van der Waals surface area contributed by atoms with Crippen molar-refractivity contribution < 1.29 is 19.3 Å². The molecule has 0 aromatic heterocycles. The molecule has 0 saturated carbocycles. The van der Waals surface area contributed by atoms with E-state index in [4.69, 9.17) is 9.62 Å². The summed E-state index contributed by atoms with van der Waals surface area (Å²) in [6, 6.07) is 0. The molecule has 0 fully saturated rings. The van der Waals surface area contributed by atoms with Gasteiger partial charge in [-0.15, -0.1) is 4.89 Å². The van der Waals surface area contributed by atoms with E-state index in [1.807, 2.05) is 6.92 Å². The molecule has 0 radical (unpaired) electrons. The summed E-state index contributed by atoms with van der Waals surface area (Å²) in [6.45, 7) is 14.6. The molecular weight excluding hydrogens is 292 g/mol. The summed E-state index contributed by atoms with van der Waals surface area (Å²) in [5.74, 6) is 1.45. The lowest BCUT2D eigenvalue weighted by atomic mass is 9.69. The van der Waals surface area contributed by atoms with Crippen molar-refractivity contribution in [2.24, 2.45) is 17.3 Å². The highest BCUT2D eigenvalue weighted by Gasteiger charge is 2.31. The van der Waals surface area contributed by atoms with Crippen LogP contribution in [0.15, 0.2) is 23.5 Å². The number of carbonyl (C=O) groups excluding carboxylic acids is 1. The van der Waals surface area contributed by atoms with Crippen LogP contribution in [0.5, 0.6) is 0 Å². The van der Waals surface area contributed by atoms with Gasteiger partial charge in [0.15, 0.2) is 0 Å². The van der Waals surface area contributed by atoms with E-state index in [0.29, 0.717) is 18.3 Å². The molecule has 0 aromatic carbocycles. The van der Waals surface area contributed by atoms with E-state index in [1.165, 1.54) is 12.5 Å². The van der Waals surface area contributed by atoms with E-state index >= 15 is 0 Å². The Morgan fingerprint density at radius 2 is 1.96 bits per heavy atom. The zero-order valence-corrected chi connectivity index (χ0v) is 15.6. The van der Waals surface area contributed by atoms with Crippen LogP contribution in [0.1, 0.15) is 67.7 Å². The Labute approximate surface area is 140 Å². The molecule has 4 heteroatoms. The van der Waals surface area contributed by atoms with Crippen LogP contribution in [0.2, 0.25) is 0 Å². The molecule has 2 atom stereocenters. The molecule has 23 heavy (non-hydrogen) atoms. The number of allylic oxidation sites excluding steroid dienone is 4. The van der Waals surface area contributed by atoms with Gasteiger partial charge in [0.1, 0.15) is 5.76 Å². The predicted octanol–water partition coefficient (Wildman–Crippen LogP) is 5.16. The van der Waals surface area contributed by atoms with Gasteiger partial charge in [0.2, 0.25) is 6.29 Å². The number of ether oxygens (including phenoxy) is 1. The van der Waals surface area contributed by atoms with E-state index in [1.54, 1.807) is 0 Å². The van der Waals surface area contributed by atoms with Gasteiger partial charge < -0.3 is 4.74 Å². The lowest BCUT2D eigenvalue weighted by molar-refractivity contribution is -0.344. The monoisotopic (exact) mass is 324 g/mol. The van der Waals surface area contributed by atoms with Crippen LogP contribution in [-0.4, -0.2) is 12.3 Å². The van der Waals surface area contributed by atoms with E-state index < -0.39 is 12.3 Å². The maximum absolute atomic E-state index is 10.9. The first-order valence-corrected chi connectivity index (χ1v) is 8.56. The van der Waals surface area contributed by atoms with Crippen LogP contribution in [0.25, 0.3) is 0 Å². The zero-order valence-electron chi connectivity index (χ0n) is 15.6. The Morgan fingerprint density at radius 1 is 1.30 bits per heavy atom. The number of hydrogen-bond donors (Lipinski definition) is 0. The van der Waals surface area contributed by atoms with Crippen molar-refractivity contribution in [1.29, 1.82) is 0 Å². The molecule has 0 spiro atoms. The number of hydrogen-bond acceptors (Lipinski definition) is 4. The lowest BCUT2D eigenvalue weighted by Crippen LogP contribution is -2.28. The molecule has 1 aliphatic carbocycles. The zero-order chi connectivity index (χ0) is 17.6. The summed E-state index contributed by atoms with van der Waals surface area (Å²) in [5.41, 5.74) is 1.52. The maximum atomic E-state index is 10.9. The van der Waals surface area contributed by atoms with Crippen LogP contribution in [0, 0.1) is 17.3 Å². The second kappa shape index (κ2) is 8.53. The molecule has 0 N–H and O–H groups in total. The summed E-state index contributed by atoms with van der Waals surface area (Å²) < 4.78 is 5.88. The minimum absolute atomic E-state index is 0.192. The normalized spacial score (nSPS) is 18.1. The van der Waals surface area contributed by atoms with Crippen molar-refractivity contribution in [3.8, 4) is 0 Å². The fourth-order valence-corrected chi connectivity index (χ4v) is 3.35. The van der Waals surface area contributed by atoms with E-state index in [-0.39, 0.29) is 5.41 Å². The summed E-state index contributed by atoms with van der Waals surface area (Å²) in [4.78, 5) is 20.5. The van der Waals surface area contributed by atoms with Gasteiger partial charge in [-0.25, -0.2) is 4.79 Å². The Kier molecular flexibility index (Phi) is 7.33.